The molecule has 2 heteroatoms. The third-order valence-electron chi connectivity index (χ3n) is 4.11. The van der Waals surface area contributed by atoms with E-state index in [1.54, 1.807) is 7.11 Å². The van der Waals surface area contributed by atoms with Crippen LogP contribution < -0.4 is 9.47 Å². The number of benzene rings is 1. The first-order chi connectivity index (χ1) is 9.03. The van der Waals surface area contributed by atoms with Gasteiger partial charge in [0.25, 0.3) is 0 Å². The van der Waals surface area contributed by atoms with Gasteiger partial charge >= 0.3 is 0 Å². The van der Waals surface area contributed by atoms with Crippen molar-refractivity contribution in [2.24, 2.45) is 5.41 Å². The third kappa shape index (κ3) is 3.31. The molecule has 0 fully saturated rings. The topological polar surface area (TPSA) is 18.5 Å². The zero-order valence-electron chi connectivity index (χ0n) is 12.5. The Morgan fingerprint density at radius 2 is 1.95 bits per heavy atom. The number of hydrogen-bond donors (Lipinski definition) is 0. The Labute approximate surface area is 116 Å². The molecule has 0 atom stereocenters. The van der Waals surface area contributed by atoms with E-state index in [1.165, 1.54) is 30.4 Å². The predicted molar refractivity (Wildman–Crippen MR) is 78.8 cm³/mol. The Balaban J connectivity index is 2.09. The van der Waals surface area contributed by atoms with Gasteiger partial charge in [-0.25, -0.2) is 0 Å². The third-order valence-corrected chi connectivity index (χ3v) is 4.11. The van der Waals surface area contributed by atoms with Gasteiger partial charge in [-0.05, 0) is 49.3 Å². The highest BCUT2D eigenvalue weighted by Crippen LogP contribution is 2.40. The molecule has 0 heterocycles. The Bertz CT molecular complexity index is 472. The van der Waals surface area contributed by atoms with Crippen LogP contribution in [0.2, 0.25) is 0 Å². The van der Waals surface area contributed by atoms with Crippen LogP contribution in [0.5, 0.6) is 11.5 Å². The first-order valence-electron chi connectivity index (χ1n) is 6.99. The lowest BCUT2D eigenvalue weighted by molar-refractivity contribution is 0.276. The fourth-order valence-corrected chi connectivity index (χ4v) is 2.84. The molecule has 0 saturated carbocycles. The summed E-state index contributed by atoms with van der Waals surface area (Å²) in [5.41, 5.74) is 3.22. The predicted octanol–water partition coefficient (Wildman–Crippen LogP) is 4.60. The Hall–Kier alpha value is -1.44. The minimum Gasteiger partial charge on any atom is -0.497 e. The molecule has 0 aromatic heterocycles. The molecule has 2 rings (SSSR count). The molecule has 104 valence electrons. The molecule has 2 nitrogen and oxygen atoms in total. The zero-order valence-corrected chi connectivity index (χ0v) is 12.5. The second-order valence-electron chi connectivity index (χ2n) is 5.96. The lowest BCUT2D eigenvalue weighted by Crippen LogP contribution is -2.24. The molecule has 19 heavy (non-hydrogen) atoms. The van der Waals surface area contributed by atoms with Gasteiger partial charge in [0.05, 0.1) is 7.11 Å². The van der Waals surface area contributed by atoms with Crippen LogP contribution in [0, 0.1) is 5.41 Å². The smallest absolute Gasteiger partial charge is 0.123 e. The Kier molecular flexibility index (Phi) is 4.18. The molecule has 0 radical (unpaired) electrons. The van der Waals surface area contributed by atoms with Crippen LogP contribution in [0.4, 0.5) is 0 Å². The van der Waals surface area contributed by atoms with Crippen molar-refractivity contribution in [2.75, 3.05) is 13.7 Å². The molecular formula is C17H24O2. The minimum absolute atomic E-state index is 0.265. The average Bonchev–Trinajstić information content (AvgIpc) is 2.37. The summed E-state index contributed by atoms with van der Waals surface area (Å²) < 4.78 is 11.2. The van der Waals surface area contributed by atoms with Gasteiger partial charge in [-0.2, -0.15) is 0 Å². The van der Waals surface area contributed by atoms with Gasteiger partial charge in [-0.15, -0.1) is 0 Å². The van der Waals surface area contributed by atoms with Crippen LogP contribution in [0.25, 0.3) is 0 Å². The first-order valence-corrected chi connectivity index (χ1v) is 6.99. The molecule has 1 aromatic carbocycles. The van der Waals surface area contributed by atoms with Crippen molar-refractivity contribution in [3.8, 4) is 11.5 Å². The standard InChI is InChI=1S/C17H24O2/c1-13-7-6-10-17(2,3)16(13)12-19-15-9-5-8-14(11-15)18-4/h5,8-9,11H,6-7,10,12H2,1-4H3. The van der Waals surface area contributed by atoms with Gasteiger partial charge in [0, 0.05) is 6.07 Å². The largest absolute Gasteiger partial charge is 0.497 e. The Morgan fingerprint density at radius 3 is 2.63 bits per heavy atom. The number of methoxy groups -OCH3 is 1. The van der Waals surface area contributed by atoms with Crippen molar-refractivity contribution in [1.82, 2.24) is 0 Å². The SMILES string of the molecule is COc1cccc(OCC2=C(C)CCCC2(C)C)c1. The number of rotatable bonds is 4. The van der Waals surface area contributed by atoms with Crippen LogP contribution in [-0.2, 0) is 0 Å². The summed E-state index contributed by atoms with van der Waals surface area (Å²) in [7, 11) is 1.68. The lowest BCUT2D eigenvalue weighted by atomic mass is 9.73. The highest BCUT2D eigenvalue weighted by molar-refractivity contribution is 5.33. The molecular weight excluding hydrogens is 236 g/mol. The van der Waals surface area contributed by atoms with E-state index in [1.807, 2.05) is 24.3 Å². The Morgan fingerprint density at radius 1 is 1.21 bits per heavy atom. The van der Waals surface area contributed by atoms with Gasteiger partial charge in [0.2, 0.25) is 0 Å². The van der Waals surface area contributed by atoms with E-state index in [4.69, 9.17) is 9.47 Å². The summed E-state index contributed by atoms with van der Waals surface area (Å²) in [6, 6.07) is 7.81. The molecule has 0 amide bonds. The molecule has 1 aromatic rings. The zero-order chi connectivity index (χ0) is 13.9. The molecule has 0 bridgehead atoms. The van der Waals surface area contributed by atoms with Crippen LogP contribution >= 0.6 is 0 Å². The number of allylic oxidation sites excluding steroid dienone is 1. The molecule has 0 spiro atoms. The number of hydrogen-bond acceptors (Lipinski definition) is 2. The summed E-state index contributed by atoms with van der Waals surface area (Å²) in [5, 5.41) is 0. The van der Waals surface area contributed by atoms with Gasteiger partial charge < -0.3 is 9.47 Å². The normalized spacial score (nSPS) is 18.3. The first kappa shape index (κ1) is 14.0. The van der Waals surface area contributed by atoms with E-state index in [0.29, 0.717) is 6.61 Å². The van der Waals surface area contributed by atoms with E-state index in [-0.39, 0.29) is 5.41 Å². The monoisotopic (exact) mass is 260 g/mol. The molecule has 1 aliphatic carbocycles. The molecule has 0 saturated heterocycles. The summed E-state index contributed by atoms with van der Waals surface area (Å²) >= 11 is 0. The average molecular weight is 260 g/mol. The van der Waals surface area contributed by atoms with Gasteiger partial charge in [-0.3, -0.25) is 0 Å². The highest BCUT2D eigenvalue weighted by atomic mass is 16.5. The summed E-state index contributed by atoms with van der Waals surface area (Å²) in [4.78, 5) is 0. The lowest BCUT2D eigenvalue weighted by Gasteiger charge is -2.34. The van der Waals surface area contributed by atoms with Gasteiger partial charge in [0.1, 0.15) is 18.1 Å². The van der Waals surface area contributed by atoms with Crippen molar-refractivity contribution in [2.45, 2.75) is 40.0 Å². The fourth-order valence-electron chi connectivity index (χ4n) is 2.84. The molecule has 1 aliphatic rings. The highest BCUT2D eigenvalue weighted by Gasteiger charge is 2.28. The molecule has 0 unspecified atom stereocenters. The maximum absolute atomic E-state index is 5.96. The van der Waals surface area contributed by atoms with Crippen molar-refractivity contribution in [3.05, 3.63) is 35.4 Å². The molecule has 0 aliphatic heterocycles. The van der Waals surface area contributed by atoms with Crippen LogP contribution in [-0.4, -0.2) is 13.7 Å². The van der Waals surface area contributed by atoms with Crippen molar-refractivity contribution in [1.29, 1.82) is 0 Å². The van der Waals surface area contributed by atoms with Gasteiger partial charge in [-0.1, -0.05) is 25.5 Å². The summed E-state index contributed by atoms with van der Waals surface area (Å²) in [6.45, 7) is 7.57. The van der Waals surface area contributed by atoms with E-state index in [9.17, 15) is 0 Å². The van der Waals surface area contributed by atoms with E-state index in [0.717, 1.165) is 11.5 Å². The van der Waals surface area contributed by atoms with Crippen molar-refractivity contribution < 1.29 is 9.47 Å². The quantitative estimate of drug-likeness (QED) is 0.736. The second kappa shape index (κ2) is 5.68. The number of ether oxygens (including phenoxy) is 2. The van der Waals surface area contributed by atoms with Crippen LogP contribution in [0.15, 0.2) is 35.4 Å². The van der Waals surface area contributed by atoms with Gasteiger partial charge in [0.15, 0.2) is 0 Å². The summed E-state index contributed by atoms with van der Waals surface area (Å²) in [6.07, 6.45) is 3.75. The van der Waals surface area contributed by atoms with E-state index >= 15 is 0 Å². The van der Waals surface area contributed by atoms with Crippen molar-refractivity contribution >= 4 is 0 Å². The van der Waals surface area contributed by atoms with Crippen molar-refractivity contribution in [3.63, 3.8) is 0 Å². The van der Waals surface area contributed by atoms with E-state index in [2.05, 4.69) is 20.8 Å². The maximum Gasteiger partial charge on any atom is 0.123 e. The second-order valence-corrected chi connectivity index (χ2v) is 5.96. The maximum atomic E-state index is 5.96. The van der Waals surface area contributed by atoms with E-state index < -0.39 is 0 Å². The minimum atomic E-state index is 0.265. The summed E-state index contributed by atoms with van der Waals surface area (Å²) in [5.74, 6) is 1.71. The van der Waals surface area contributed by atoms with Crippen LogP contribution in [0.3, 0.4) is 0 Å². The van der Waals surface area contributed by atoms with Crippen LogP contribution in [0.1, 0.15) is 40.0 Å². The molecule has 0 N–H and O–H groups in total. The fraction of sp³-hybridized carbons (Fsp3) is 0.529.